The van der Waals surface area contributed by atoms with E-state index in [0.29, 0.717) is 28.0 Å². The third-order valence-electron chi connectivity index (χ3n) is 6.50. The summed E-state index contributed by atoms with van der Waals surface area (Å²) in [5, 5.41) is 3.16. The second-order valence-electron chi connectivity index (χ2n) is 8.97. The van der Waals surface area contributed by atoms with Crippen LogP contribution in [0.2, 0.25) is 0 Å². The van der Waals surface area contributed by atoms with Gasteiger partial charge in [0.1, 0.15) is 11.6 Å². The van der Waals surface area contributed by atoms with Crippen LogP contribution < -0.4 is 21.5 Å². The van der Waals surface area contributed by atoms with Gasteiger partial charge < -0.3 is 20.5 Å². The molecule has 1 amide bonds. The van der Waals surface area contributed by atoms with E-state index in [-0.39, 0.29) is 29.1 Å². The van der Waals surface area contributed by atoms with Crippen LogP contribution in [0, 0.1) is 17.6 Å². The van der Waals surface area contributed by atoms with Crippen LogP contribution in [0.25, 0.3) is 11.3 Å². The smallest absolute Gasteiger partial charge is 0.260 e. The Bertz CT molecular complexity index is 1560. The van der Waals surface area contributed by atoms with Crippen LogP contribution in [-0.4, -0.2) is 43.5 Å². The number of aryl methyl sites for hydroxylation is 1. The maximum Gasteiger partial charge on any atom is 0.260 e. The molecule has 35 heavy (non-hydrogen) atoms. The van der Waals surface area contributed by atoms with Gasteiger partial charge >= 0.3 is 0 Å². The largest absolute Gasteiger partial charge is 0.383 e. The summed E-state index contributed by atoms with van der Waals surface area (Å²) < 4.78 is 54.4. The van der Waals surface area contributed by atoms with Crippen molar-refractivity contribution in [3.63, 3.8) is 0 Å². The highest BCUT2D eigenvalue weighted by Gasteiger charge is 2.46. The molecule has 0 spiro atoms. The van der Waals surface area contributed by atoms with Gasteiger partial charge in [0.25, 0.3) is 5.56 Å². The number of hydrogen-bond acceptors (Lipinski definition) is 6. The first-order valence-electron chi connectivity index (χ1n) is 10.8. The molecule has 1 aromatic heterocycles. The lowest BCUT2D eigenvalue weighted by Gasteiger charge is -2.37. The van der Waals surface area contributed by atoms with E-state index in [4.69, 9.17) is 5.73 Å². The molecule has 1 aliphatic carbocycles. The predicted molar refractivity (Wildman–Crippen MR) is 128 cm³/mol. The number of hydrogen-bond donors (Lipinski definition) is 2. The maximum atomic E-state index is 14.9. The quantitative estimate of drug-likeness (QED) is 0.654. The number of pyridine rings is 1. The Morgan fingerprint density at radius 1 is 1.26 bits per heavy atom. The fourth-order valence-electron chi connectivity index (χ4n) is 5.03. The average Bonchev–Trinajstić information content (AvgIpc) is 3.06. The van der Waals surface area contributed by atoms with Crippen molar-refractivity contribution in [3.05, 3.63) is 87.0 Å². The molecular weight excluding hydrogens is 478 g/mol. The third-order valence-corrected chi connectivity index (χ3v) is 7.33. The molecule has 182 valence electrons. The van der Waals surface area contributed by atoms with Crippen molar-refractivity contribution in [1.82, 2.24) is 9.88 Å². The number of fused-ring (bicyclic) bond motifs is 2. The summed E-state index contributed by atoms with van der Waals surface area (Å²) in [5.74, 6) is -3.37. The Kier molecular flexibility index (Phi) is 5.20. The number of carbonyl (C=O) groups is 1. The SMILES string of the molecule is Cn1ccc2c(c1=O)C1=C3C(=CN(c4ccc(F)cc4F)C3C(C(N)=O)CN1)C=C2CS(C)(=O)=O. The average molecular weight is 501 g/mol. The molecule has 5 rings (SSSR count). The van der Waals surface area contributed by atoms with E-state index in [2.05, 4.69) is 5.32 Å². The van der Waals surface area contributed by atoms with Crippen LogP contribution in [0.4, 0.5) is 14.5 Å². The number of carbonyl (C=O) groups excluding carboxylic acids is 1. The van der Waals surface area contributed by atoms with Gasteiger partial charge in [0, 0.05) is 43.9 Å². The number of rotatable bonds is 4. The lowest BCUT2D eigenvalue weighted by atomic mass is 9.84. The van der Waals surface area contributed by atoms with E-state index >= 15 is 0 Å². The van der Waals surface area contributed by atoms with Crippen molar-refractivity contribution in [3.8, 4) is 0 Å². The molecule has 0 fully saturated rings. The molecule has 2 aliphatic heterocycles. The Morgan fingerprint density at radius 3 is 2.66 bits per heavy atom. The number of halogens is 2. The zero-order valence-electron chi connectivity index (χ0n) is 18.9. The van der Waals surface area contributed by atoms with Gasteiger partial charge in [0.05, 0.1) is 34.7 Å². The van der Waals surface area contributed by atoms with Crippen molar-refractivity contribution in [2.45, 2.75) is 6.04 Å². The molecule has 0 saturated heterocycles. The second-order valence-corrected chi connectivity index (χ2v) is 11.1. The molecule has 11 heteroatoms. The molecule has 0 bridgehead atoms. The number of nitrogens with two attached hydrogens (primary N) is 1. The number of allylic oxidation sites excluding steroid dienone is 1. The van der Waals surface area contributed by atoms with Crippen LogP contribution in [-0.2, 0) is 21.7 Å². The normalized spacial score (nSPS) is 21.0. The summed E-state index contributed by atoms with van der Waals surface area (Å²) in [6.45, 7) is 0.0676. The predicted octanol–water partition coefficient (Wildman–Crippen LogP) is 1.29. The summed E-state index contributed by atoms with van der Waals surface area (Å²) in [6, 6.07) is 4.01. The summed E-state index contributed by atoms with van der Waals surface area (Å²) >= 11 is 0. The maximum absolute atomic E-state index is 14.9. The van der Waals surface area contributed by atoms with Crippen LogP contribution in [0.5, 0.6) is 0 Å². The molecule has 3 aliphatic rings. The Hall–Kier alpha value is -3.73. The second kappa shape index (κ2) is 7.91. The zero-order chi connectivity index (χ0) is 25.2. The first-order valence-corrected chi connectivity index (χ1v) is 12.8. The van der Waals surface area contributed by atoms with Gasteiger partial charge in [-0.15, -0.1) is 0 Å². The van der Waals surface area contributed by atoms with Crippen LogP contribution in [0.3, 0.4) is 0 Å². The van der Waals surface area contributed by atoms with E-state index in [0.717, 1.165) is 18.4 Å². The zero-order valence-corrected chi connectivity index (χ0v) is 19.7. The molecule has 2 aromatic rings. The number of aromatic nitrogens is 1. The molecule has 0 radical (unpaired) electrons. The molecule has 8 nitrogen and oxygen atoms in total. The van der Waals surface area contributed by atoms with Gasteiger partial charge in [-0.2, -0.15) is 0 Å². The number of benzene rings is 1. The summed E-state index contributed by atoms with van der Waals surface area (Å²) in [7, 11) is -1.91. The van der Waals surface area contributed by atoms with Gasteiger partial charge in [0.2, 0.25) is 5.91 Å². The van der Waals surface area contributed by atoms with Crippen molar-refractivity contribution < 1.29 is 22.0 Å². The summed E-state index contributed by atoms with van der Waals surface area (Å²) in [5.41, 5.74) is 7.94. The van der Waals surface area contributed by atoms with Crippen molar-refractivity contribution in [1.29, 1.82) is 0 Å². The number of nitrogens with one attached hydrogen (secondary N) is 1. The van der Waals surface area contributed by atoms with Gasteiger partial charge in [-0.25, -0.2) is 17.2 Å². The van der Waals surface area contributed by atoms with E-state index in [9.17, 15) is 26.8 Å². The van der Waals surface area contributed by atoms with Crippen LogP contribution in [0.1, 0.15) is 11.1 Å². The summed E-state index contributed by atoms with van der Waals surface area (Å²) in [4.78, 5) is 27.2. The molecule has 2 unspecified atom stereocenters. The molecular formula is C24H22F2N4O4S. The van der Waals surface area contributed by atoms with E-state index in [1.807, 2.05) is 0 Å². The van der Waals surface area contributed by atoms with E-state index in [1.165, 1.54) is 15.5 Å². The van der Waals surface area contributed by atoms with Gasteiger partial charge in [0.15, 0.2) is 9.84 Å². The minimum Gasteiger partial charge on any atom is -0.383 e. The highest BCUT2D eigenvalue weighted by atomic mass is 32.2. The van der Waals surface area contributed by atoms with E-state index < -0.39 is 39.3 Å². The minimum atomic E-state index is -3.49. The fraction of sp³-hybridized carbons (Fsp3) is 0.250. The topological polar surface area (TPSA) is 114 Å². The molecule has 0 saturated carbocycles. The molecule has 3 heterocycles. The van der Waals surface area contributed by atoms with Crippen molar-refractivity contribution in [2.75, 3.05) is 23.5 Å². The molecule has 2 atom stereocenters. The standard InChI is InChI=1S/C24H22F2N4O4S/c1-29-6-5-15-13(11-35(2,33)34)7-12-10-30(18-4-3-14(25)8-17(18)26)22-16(23(27)31)9-28-21(19(12)22)20(15)24(29)32/h3-8,10,16,22,28H,9,11H2,1-2H3,(H2,27,31). The van der Waals surface area contributed by atoms with Crippen molar-refractivity contribution >= 4 is 32.7 Å². The van der Waals surface area contributed by atoms with Gasteiger partial charge in [-0.05, 0) is 41.0 Å². The van der Waals surface area contributed by atoms with Crippen molar-refractivity contribution in [2.24, 2.45) is 18.7 Å². The van der Waals surface area contributed by atoms with Crippen LogP contribution in [0.15, 0.2) is 58.7 Å². The van der Waals surface area contributed by atoms with Gasteiger partial charge in [-0.1, -0.05) is 0 Å². The van der Waals surface area contributed by atoms with Crippen LogP contribution >= 0.6 is 0 Å². The number of anilines is 1. The lowest BCUT2D eigenvalue weighted by Crippen LogP contribution is -2.51. The van der Waals surface area contributed by atoms with Gasteiger partial charge in [-0.3, -0.25) is 9.59 Å². The number of primary amides is 1. The van der Waals surface area contributed by atoms with E-state index in [1.54, 1.807) is 31.6 Å². The molecule has 1 aromatic carbocycles. The fourth-order valence-corrected chi connectivity index (χ4v) is 5.83. The number of sulfone groups is 1. The minimum absolute atomic E-state index is 0.0243. The summed E-state index contributed by atoms with van der Waals surface area (Å²) in [6.07, 6.45) is 5.88. The Labute approximate surface area is 200 Å². The third kappa shape index (κ3) is 3.75. The highest BCUT2D eigenvalue weighted by Crippen LogP contribution is 2.46. The Balaban J connectivity index is 1.83. The molecule has 3 N–H and O–H groups in total. The Morgan fingerprint density at radius 2 is 2.00 bits per heavy atom. The first-order chi connectivity index (χ1) is 16.5. The number of amides is 1. The first kappa shape index (κ1) is 23.0. The highest BCUT2D eigenvalue weighted by molar-refractivity contribution is 7.91. The number of nitrogens with zero attached hydrogens (tertiary/aromatic N) is 2. The monoisotopic (exact) mass is 500 g/mol. The lowest BCUT2D eigenvalue weighted by molar-refractivity contribution is -0.122.